The summed E-state index contributed by atoms with van der Waals surface area (Å²) in [5.74, 6) is 0.719. The molecule has 1 saturated heterocycles. The van der Waals surface area contributed by atoms with Crippen molar-refractivity contribution in [1.29, 1.82) is 0 Å². The Morgan fingerprint density at radius 3 is 2.75 bits per heavy atom. The van der Waals surface area contributed by atoms with Gasteiger partial charge in [0.05, 0.1) is 11.4 Å². The molecule has 3 atom stereocenters. The SMILES string of the molecule is CCc1nn(C)cc1N1CC(C(C)CC)NCC1CC. The van der Waals surface area contributed by atoms with Crippen LogP contribution in [0.5, 0.6) is 0 Å². The highest BCUT2D eigenvalue weighted by molar-refractivity contribution is 5.51. The van der Waals surface area contributed by atoms with E-state index in [1.54, 1.807) is 0 Å². The lowest BCUT2D eigenvalue weighted by atomic mass is 9.94. The molecule has 0 amide bonds. The number of hydrogen-bond donors (Lipinski definition) is 1. The topological polar surface area (TPSA) is 33.1 Å². The van der Waals surface area contributed by atoms with E-state index in [0.29, 0.717) is 12.1 Å². The first-order chi connectivity index (χ1) is 9.60. The van der Waals surface area contributed by atoms with Gasteiger partial charge in [0, 0.05) is 38.4 Å². The Labute approximate surface area is 123 Å². The van der Waals surface area contributed by atoms with Crippen LogP contribution in [0, 0.1) is 5.92 Å². The van der Waals surface area contributed by atoms with Gasteiger partial charge in [-0.2, -0.15) is 5.10 Å². The number of nitrogens with zero attached hydrogens (tertiary/aromatic N) is 3. The average Bonchev–Trinajstić information content (AvgIpc) is 2.86. The van der Waals surface area contributed by atoms with Crippen molar-refractivity contribution < 1.29 is 0 Å². The lowest BCUT2D eigenvalue weighted by Gasteiger charge is -2.43. The van der Waals surface area contributed by atoms with Crippen LogP contribution in [-0.4, -0.2) is 35.0 Å². The van der Waals surface area contributed by atoms with Crippen molar-refractivity contribution in [2.45, 2.75) is 59.0 Å². The van der Waals surface area contributed by atoms with E-state index in [4.69, 9.17) is 0 Å². The summed E-state index contributed by atoms with van der Waals surface area (Å²) in [6, 6.07) is 1.18. The van der Waals surface area contributed by atoms with Gasteiger partial charge in [0.2, 0.25) is 0 Å². The predicted octanol–water partition coefficient (Wildman–Crippen LogP) is 2.59. The number of hydrogen-bond acceptors (Lipinski definition) is 3. The summed E-state index contributed by atoms with van der Waals surface area (Å²) in [5.41, 5.74) is 2.58. The Bertz CT molecular complexity index is 426. The molecule has 20 heavy (non-hydrogen) atoms. The van der Waals surface area contributed by atoms with Crippen LogP contribution in [0.1, 0.15) is 46.2 Å². The van der Waals surface area contributed by atoms with E-state index in [9.17, 15) is 0 Å². The highest BCUT2D eigenvalue weighted by Gasteiger charge is 2.31. The van der Waals surface area contributed by atoms with Crippen LogP contribution in [0.4, 0.5) is 5.69 Å². The van der Waals surface area contributed by atoms with Crippen molar-refractivity contribution >= 4 is 5.69 Å². The highest BCUT2D eigenvalue weighted by Crippen LogP contribution is 2.27. The van der Waals surface area contributed by atoms with Gasteiger partial charge in [-0.25, -0.2) is 0 Å². The van der Waals surface area contributed by atoms with E-state index in [1.807, 2.05) is 11.7 Å². The van der Waals surface area contributed by atoms with Gasteiger partial charge >= 0.3 is 0 Å². The van der Waals surface area contributed by atoms with Crippen molar-refractivity contribution in [1.82, 2.24) is 15.1 Å². The average molecular weight is 278 g/mol. The van der Waals surface area contributed by atoms with Crippen molar-refractivity contribution in [2.75, 3.05) is 18.0 Å². The molecule has 0 saturated carbocycles. The zero-order valence-electron chi connectivity index (χ0n) is 13.7. The second kappa shape index (κ2) is 6.61. The zero-order valence-corrected chi connectivity index (χ0v) is 13.7. The Balaban J connectivity index is 2.24. The van der Waals surface area contributed by atoms with Gasteiger partial charge in [0.1, 0.15) is 0 Å². The molecule has 1 aromatic heterocycles. The molecule has 114 valence electrons. The fraction of sp³-hybridized carbons (Fsp3) is 0.812. The Morgan fingerprint density at radius 1 is 1.40 bits per heavy atom. The molecule has 2 heterocycles. The molecular weight excluding hydrogens is 248 g/mol. The smallest absolute Gasteiger partial charge is 0.0855 e. The van der Waals surface area contributed by atoms with Crippen molar-refractivity contribution in [3.63, 3.8) is 0 Å². The maximum atomic E-state index is 4.62. The molecule has 0 spiro atoms. The second-order valence-corrected chi connectivity index (χ2v) is 6.10. The fourth-order valence-corrected chi connectivity index (χ4v) is 3.16. The van der Waals surface area contributed by atoms with Gasteiger partial charge < -0.3 is 10.2 Å². The second-order valence-electron chi connectivity index (χ2n) is 6.10. The van der Waals surface area contributed by atoms with Gasteiger partial charge in [-0.15, -0.1) is 0 Å². The number of nitrogens with one attached hydrogen (secondary N) is 1. The van der Waals surface area contributed by atoms with Crippen LogP contribution in [0.15, 0.2) is 6.20 Å². The number of piperazine rings is 1. The van der Waals surface area contributed by atoms with E-state index in [1.165, 1.54) is 24.2 Å². The first kappa shape index (κ1) is 15.4. The predicted molar refractivity (Wildman–Crippen MR) is 85.3 cm³/mol. The summed E-state index contributed by atoms with van der Waals surface area (Å²) in [6.07, 6.45) is 5.61. The molecule has 1 aliphatic rings. The van der Waals surface area contributed by atoms with E-state index < -0.39 is 0 Å². The Morgan fingerprint density at radius 2 is 2.15 bits per heavy atom. The van der Waals surface area contributed by atoms with E-state index in [-0.39, 0.29) is 0 Å². The van der Waals surface area contributed by atoms with Crippen molar-refractivity contribution in [2.24, 2.45) is 13.0 Å². The summed E-state index contributed by atoms with van der Waals surface area (Å²) < 4.78 is 1.96. The number of aromatic nitrogens is 2. The summed E-state index contributed by atoms with van der Waals surface area (Å²) in [4.78, 5) is 2.60. The largest absolute Gasteiger partial charge is 0.363 e. The van der Waals surface area contributed by atoms with E-state index >= 15 is 0 Å². The van der Waals surface area contributed by atoms with Gasteiger partial charge in [-0.3, -0.25) is 4.68 Å². The minimum Gasteiger partial charge on any atom is -0.363 e. The quantitative estimate of drug-likeness (QED) is 0.898. The molecular formula is C16H30N4. The van der Waals surface area contributed by atoms with Crippen LogP contribution >= 0.6 is 0 Å². The standard InChI is InChI=1S/C16H30N4/c1-6-12(4)15-10-20(13(7-2)9-17-15)16-11-19(5)18-14(16)8-3/h11-13,15,17H,6-10H2,1-5H3. The van der Waals surface area contributed by atoms with E-state index in [0.717, 1.165) is 25.4 Å². The maximum Gasteiger partial charge on any atom is 0.0855 e. The van der Waals surface area contributed by atoms with Gasteiger partial charge in [-0.1, -0.05) is 34.1 Å². The molecule has 2 rings (SSSR count). The molecule has 1 N–H and O–H groups in total. The van der Waals surface area contributed by atoms with Gasteiger partial charge in [-0.05, 0) is 18.8 Å². The molecule has 1 fully saturated rings. The van der Waals surface area contributed by atoms with Crippen LogP contribution in [0.2, 0.25) is 0 Å². The summed E-state index contributed by atoms with van der Waals surface area (Å²) in [5, 5.41) is 8.36. The van der Waals surface area contributed by atoms with Crippen molar-refractivity contribution in [3.05, 3.63) is 11.9 Å². The molecule has 3 unspecified atom stereocenters. The molecule has 0 aromatic carbocycles. The lowest BCUT2D eigenvalue weighted by molar-refractivity contribution is 0.306. The third kappa shape index (κ3) is 3.00. The van der Waals surface area contributed by atoms with Gasteiger partial charge in [0.15, 0.2) is 0 Å². The number of anilines is 1. The summed E-state index contributed by atoms with van der Waals surface area (Å²) >= 11 is 0. The molecule has 0 bridgehead atoms. The van der Waals surface area contributed by atoms with Crippen molar-refractivity contribution in [3.8, 4) is 0 Å². The highest BCUT2D eigenvalue weighted by atomic mass is 15.3. The minimum absolute atomic E-state index is 0.588. The monoisotopic (exact) mass is 278 g/mol. The minimum atomic E-state index is 0.588. The van der Waals surface area contributed by atoms with Crippen LogP contribution in [0.25, 0.3) is 0 Å². The van der Waals surface area contributed by atoms with Crippen LogP contribution in [-0.2, 0) is 13.5 Å². The summed E-state index contributed by atoms with van der Waals surface area (Å²) in [7, 11) is 2.03. The Hall–Kier alpha value is -1.03. The molecule has 0 radical (unpaired) electrons. The van der Waals surface area contributed by atoms with Gasteiger partial charge in [0.25, 0.3) is 0 Å². The lowest BCUT2D eigenvalue weighted by Crippen LogP contribution is -2.58. The third-order valence-electron chi connectivity index (χ3n) is 4.78. The fourth-order valence-electron chi connectivity index (χ4n) is 3.16. The third-order valence-corrected chi connectivity index (χ3v) is 4.78. The normalized spacial score (nSPS) is 24.9. The number of rotatable bonds is 5. The Kier molecular flexibility index (Phi) is 5.08. The first-order valence-electron chi connectivity index (χ1n) is 8.13. The zero-order chi connectivity index (χ0) is 14.7. The maximum absolute atomic E-state index is 4.62. The number of aryl methyl sites for hydroxylation is 2. The molecule has 1 aliphatic heterocycles. The molecule has 1 aromatic rings. The first-order valence-corrected chi connectivity index (χ1v) is 8.13. The van der Waals surface area contributed by atoms with Crippen LogP contribution in [0.3, 0.4) is 0 Å². The molecule has 4 nitrogen and oxygen atoms in total. The van der Waals surface area contributed by atoms with Crippen LogP contribution < -0.4 is 10.2 Å². The van der Waals surface area contributed by atoms with E-state index in [2.05, 4.69) is 49.2 Å². The summed E-state index contributed by atoms with van der Waals surface area (Å²) in [6.45, 7) is 11.3. The molecule has 0 aliphatic carbocycles. The molecule has 4 heteroatoms.